The second kappa shape index (κ2) is 6.30. The van der Waals surface area contributed by atoms with Gasteiger partial charge in [-0.25, -0.2) is 0 Å². The van der Waals surface area contributed by atoms with Crippen LogP contribution in [0.25, 0.3) is 16.5 Å². The first-order valence-electron chi connectivity index (χ1n) is 7.57. The minimum atomic E-state index is -0.301. The highest BCUT2D eigenvalue weighted by Gasteiger charge is 2.29. The van der Waals surface area contributed by atoms with Crippen LogP contribution in [0.3, 0.4) is 0 Å². The van der Waals surface area contributed by atoms with Crippen molar-refractivity contribution in [1.82, 2.24) is 10.3 Å². The number of hydrogen-bond acceptors (Lipinski definition) is 4. The number of H-pyrrole nitrogens is 1. The smallest absolute Gasteiger partial charge is 0.290 e. The number of thiophene rings is 1. The summed E-state index contributed by atoms with van der Waals surface area (Å²) in [5.41, 5.74) is 2.97. The van der Waals surface area contributed by atoms with Gasteiger partial charge in [-0.15, -0.1) is 11.3 Å². The molecular formula is C18H14N2O2S2. The summed E-state index contributed by atoms with van der Waals surface area (Å²) in [4.78, 5) is 28.8. The molecule has 0 unspecified atom stereocenters. The topological polar surface area (TPSA) is 62.0 Å². The van der Waals surface area contributed by atoms with Gasteiger partial charge in [-0.3, -0.25) is 14.9 Å². The molecule has 1 aliphatic heterocycles. The molecule has 3 aromatic rings. The van der Waals surface area contributed by atoms with Gasteiger partial charge in [-0.1, -0.05) is 18.2 Å². The van der Waals surface area contributed by atoms with E-state index < -0.39 is 0 Å². The standard InChI is InChI=1S/C18H14N2O2S2/c21-17-16(24-18(22)20-17)14(7-6-11-3-2-10-23-11)12-4-1-5-15-13(12)8-9-19-15/h1-5,8-10,19H,6-7H2,(H,20,21,22)/b16-14+. The molecule has 120 valence electrons. The van der Waals surface area contributed by atoms with Crippen LogP contribution >= 0.6 is 23.1 Å². The number of thioether (sulfide) groups is 1. The Kier molecular flexibility index (Phi) is 4.00. The zero-order valence-corrected chi connectivity index (χ0v) is 14.3. The third-order valence-electron chi connectivity index (χ3n) is 4.01. The van der Waals surface area contributed by atoms with Gasteiger partial charge in [0, 0.05) is 22.0 Å². The van der Waals surface area contributed by atoms with Crippen LogP contribution < -0.4 is 5.32 Å². The van der Waals surface area contributed by atoms with Crippen LogP contribution in [0.2, 0.25) is 0 Å². The van der Waals surface area contributed by atoms with Crippen LogP contribution in [-0.2, 0) is 11.2 Å². The van der Waals surface area contributed by atoms with Gasteiger partial charge in [0.2, 0.25) is 0 Å². The lowest BCUT2D eigenvalue weighted by molar-refractivity contribution is -0.115. The molecular weight excluding hydrogens is 340 g/mol. The monoisotopic (exact) mass is 354 g/mol. The van der Waals surface area contributed by atoms with E-state index in [4.69, 9.17) is 0 Å². The van der Waals surface area contributed by atoms with Gasteiger partial charge in [0.15, 0.2) is 0 Å². The number of carbonyl (C=O) groups is 2. The normalized spacial score (nSPS) is 16.7. The van der Waals surface area contributed by atoms with Crippen molar-refractivity contribution in [2.24, 2.45) is 0 Å². The van der Waals surface area contributed by atoms with Crippen LogP contribution in [0.1, 0.15) is 16.9 Å². The number of amides is 2. The molecule has 2 amide bonds. The maximum absolute atomic E-state index is 12.2. The predicted molar refractivity (Wildman–Crippen MR) is 99.0 cm³/mol. The number of aryl methyl sites for hydroxylation is 1. The molecule has 1 aliphatic rings. The van der Waals surface area contributed by atoms with Gasteiger partial charge in [-0.2, -0.15) is 0 Å². The van der Waals surface area contributed by atoms with E-state index in [0.29, 0.717) is 11.3 Å². The minimum Gasteiger partial charge on any atom is -0.361 e. The molecule has 1 saturated heterocycles. The second-order valence-electron chi connectivity index (χ2n) is 5.48. The Balaban J connectivity index is 1.81. The van der Waals surface area contributed by atoms with Crippen molar-refractivity contribution < 1.29 is 9.59 Å². The summed E-state index contributed by atoms with van der Waals surface area (Å²) in [6.45, 7) is 0. The largest absolute Gasteiger partial charge is 0.361 e. The number of imide groups is 1. The Morgan fingerprint density at radius 3 is 2.75 bits per heavy atom. The molecule has 0 saturated carbocycles. The predicted octanol–water partition coefficient (Wildman–Crippen LogP) is 4.56. The summed E-state index contributed by atoms with van der Waals surface area (Å²) >= 11 is 2.70. The zero-order valence-electron chi connectivity index (χ0n) is 12.7. The summed E-state index contributed by atoms with van der Waals surface area (Å²) in [7, 11) is 0. The summed E-state index contributed by atoms with van der Waals surface area (Å²) < 4.78 is 0. The van der Waals surface area contributed by atoms with Crippen molar-refractivity contribution in [3.63, 3.8) is 0 Å². The Hall–Kier alpha value is -2.31. The number of hydrogen-bond donors (Lipinski definition) is 2. The summed E-state index contributed by atoms with van der Waals surface area (Å²) in [5.74, 6) is -0.293. The van der Waals surface area contributed by atoms with Crippen LogP contribution in [0.15, 0.2) is 52.9 Å². The van der Waals surface area contributed by atoms with Gasteiger partial charge >= 0.3 is 0 Å². The molecule has 0 spiro atoms. The summed E-state index contributed by atoms with van der Waals surface area (Å²) in [6, 6.07) is 12.1. The van der Waals surface area contributed by atoms with Crippen molar-refractivity contribution in [1.29, 1.82) is 0 Å². The van der Waals surface area contributed by atoms with Crippen LogP contribution in [0, 0.1) is 0 Å². The Labute approximate surface area is 147 Å². The molecule has 0 aliphatic carbocycles. The Morgan fingerprint density at radius 2 is 2.00 bits per heavy atom. The first-order valence-corrected chi connectivity index (χ1v) is 9.27. The van der Waals surface area contributed by atoms with Gasteiger partial charge < -0.3 is 4.98 Å². The second-order valence-corrected chi connectivity index (χ2v) is 7.49. The number of rotatable bonds is 4. The van der Waals surface area contributed by atoms with Crippen molar-refractivity contribution in [2.75, 3.05) is 0 Å². The fourth-order valence-corrected chi connectivity index (χ4v) is 4.45. The summed E-state index contributed by atoms with van der Waals surface area (Å²) in [6.07, 6.45) is 3.45. The van der Waals surface area contributed by atoms with E-state index in [1.54, 1.807) is 11.3 Å². The average Bonchev–Trinajstić information content (AvgIpc) is 3.29. The Bertz CT molecular complexity index is 954. The van der Waals surface area contributed by atoms with Crippen molar-refractivity contribution in [3.05, 3.63) is 63.3 Å². The average molecular weight is 354 g/mol. The van der Waals surface area contributed by atoms with Gasteiger partial charge in [0.05, 0.1) is 4.91 Å². The number of nitrogens with one attached hydrogen (secondary N) is 2. The highest BCUT2D eigenvalue weighted by atomic mass is 32.2. The SMILES string of the molecule is O=C1NC(=O)/C(=C(/CCc2cccs2)c2cccc3[nH]ccc23)S1. The Morgan fingerprint density at radius 1 is 1.08 bits per heavy atom. The number of fused-ring (bicyclic) bond motifs is 1. The lowest BCUT2D eigenvalue weighted by Gasteiger charge is -2.11. The minimum absolute atomic E-state index is 0.293. The fraction of sp³-hybridized carbons (Fsp3) is 0.111. The molecule has 0 bridgehead atoms. The van der Waals surface area contributed by atoms with Crippen LogP contribution in [-0.4, -0.2) is 16.1 Å². The molecule has 0 radical (unpaired) electrons. The van der Waals surface area contributed by atoms with E-state index in [9.17, 15) is 9.59 Å². The van der Waals surface area contributed by atoms with Gasteiger partial charge in [0.25, 0.3) is 11.1 Å². The number of carbonyl (C=O) groups excluding carboxylic acids is 2. The molecule has 6 heteroatoms. The van der Waals surface area contributed by atoms with Gasteiger partial charge in [-0.05, 0) is 59.3 Å². The van der Waals surface area contributed by atoms with Gasteiger partial charge in [0.1, 0.15) is 0 Å². The zero-order chi connectivity index (χ0) is 16.5. The lowest BCUT2D eigenvalue weighted by atomic mass is 9.96. The van der Waals surface area contributed by atoms with Crippen molar-refractivity contribution in [3.8, 4) is 0 Å². The van der Waals surface area contributed by atoms with Crippen molar-refractivity contribution >= 4 is 50.7 Å². The van der Waals surface area contributed by atoms with E-state index in [-0.39, 0.29) is 11.1 Å². The summed E-state index contributed by atoms with van der Waals surface area (Å²) in [5, 5.41) is 5.19. The molecule has 4 nitrogen and oxygen atoms in total. The number of allylic oxidation sites excluding steroid dienone is 1. The lowest BCUT2D eigenvalue weighted by Crippen LogP contribution is -2.18. The van der Waals surface area contributed by atoms with E-state index in [1.165, 1.54) is 4.88 Å². The highest BCUT2D eigenvalue weighted by Crippen LogP contribution is 2.37. The highest BCUT2D eigenvalue weighted by molar-refractivity contribution is 8.18. The number of benzene rings is 1. The maximum atomic E-state index is 12.2. The number of aromatic amines is 1. The first-order chi connectivity index (χ1) is 11.7. The first kappa shape index (κ1) is 15.2. The molecule has 0 atom stereocenters. The van der Waals surface area contributed by atoms with Crippen LogP contribution in [0.4, 0.5) is 4.79 Å². The molecule has 24 heavy (non-hydrogen) atoms. The molecule has 2 aromatic heterocycles. The number of aromatic nitrogens is 1. The van der Waals surface area contributed by atoms with E-state index in [0.717, 1.165) is 40.2 Å². The molecule has 1 fully saturated rings. The van der Waals surface area contributed by atoms with E-state index in [1.807, 2.05) is 36.5 Å². The third kappa shape index (κ3) is 2.79. The molecule has 4 rings (SSSR count). The van der Waals surface area contributed by atoms with E-state index >= 15 is 0 Å². The third-order valence-corrected chi connectivity index (χ3v) is 5.87. The fourth-order valence-electron chi connectivity index (χ4n) is 2.93. The molecule has 2 N–H and O–H groups in total. The molecule has 1 aromatic carbocycles. The molecule has 3 heterocycles. The maximum Gasteiger partial charge on any atom is 0.290 e. The van der Waals surface area contributed by atoms with Crippen LogP contribution in [0.5, 0.6) is 0 Å². The quantitative estimate of drug-likeness (QED) is 0.675. The van der Waals surface area contributed by atoms with E-state index in [2.05, 4.69) is 21.7 Å². The van der Waals surface area contributed by atoms with Crippen molar-refractivity contribution in [2.45, 2.75) is 12.8 Å².